The number of thiophene rings is 1. The molecule has 1 aromatic heterocycles. The Hall–Kier alpha value is 0.140. The summed E-state index contributed by atoms with van der Waals surface area (Å²) in [4.78, 5) is 0. The van der Waals surface area contributed by atoms with E-state index >= 15 is 0 Å². The molecule has 0 radical (unpaired) electrons. The predicted octanol–water partition coefficient (Wildman–Crippen LogP) is 3.93. The molecule has 0 amide bonds. The van der Waals surface area contributed by atoms with Crippen molar-refractivity contribution in [1.82, 2.24) is 5.32 Å². The van der Waals surface area contributed by atoms with E-state index in [0.717, 1.165) is 6.54 Å². The summed E-state index contributed by atoms with van der Waals surface area (Å²) in [5.74, 6) is 0. The van der Waals surface area contributed by atoms with Gasteiger partial charge >= 0.3 is 0 Å². The number of rotatable bonds is 3. The van der Waals surface area contributed by atoms with Gasteiger partial charge in [-0.15, -0.1) is 11.3 Å². The van der Waals surface area contributed by atoms with E-state index in [1.807, 2.05) is 0 Å². The maximum atomic E-state index is 3.67. The summed E-state index contributed by atoms with van der Waals surface area (Å²) in [7, 11) is 0. The van der Waals surface area contributed by atoms with Gasteiger partial charge in [-0.05, 0) is 52.7 Å². The highest BCUT2D eigenvalue weighted by atomic mass is 79.9. The van der Waals surface area contributed by atoms with Crippen LogP contribution in [-0.2, 0) is 6.54 Å². The molecule has 0 aliphatic heterocycles. The molecule has 0 bridgehead atoms. The third kappa shape index (κ3) is 2.59. The van der Waals surface area contributed by atoms with Crippen molar-refractivity contribution in [3.63, 3.8) is 0 Å². The van der Waals surface area contributed by atoms with Crippen LogP contribution in [0.15, 0.2) is 15.2 Å². The van der Waals surface area contributed by atoms with E-state index in [9.17, 15) is 0 Å². The van der Waals surface area contributed by atoms with Gasteiger partial charge in [0.1, 0.15) is 0 Å². The Morgan fingerprint density at radius 3 is 2.79 bits per heavy atom. The van der Waals surface area contributed by atoms with Crippen LogP contribution >= 0.6 is 27.3 Å². The Morgan fingerprint density at radius 1 is 1.50 bits per heavy atom. The Morgan fingerprint density at radius 2 is 2.21 bits per heavy atom. The Kier molecular flexibility index (Phi) is 3.30. The van der Waals surface area contributed by atoms with Gasteiger partial charge < -0.3 is 5.32 Å². The molecule has 78 valence electrons. The lowest BCUT2D eigenvalue weighted by Gasteiger charge is -2.25. The first-order chi connectivity index (χ1) is 6.68. The summed E-state index contributed by atoms with van der Waals surface area (Å²) in [5.41, 5.74) is 1.80. The van der Waals surface area contributed by atoms with Crippen molar-refractivity contribution in [2.45, 2.75) is 44.7 Å². The molecule has 1 fully saturated rings. The average Bonchev–Trinajstić information content (AvgIpc) is 2.73. The standard InChI is InChI=1S/C11H16BrNS/c1-11(4-2-3-5-11)13-7-9-6-10(12)14-8-9/h6,8,13H,2-5,7H2,1H3. The summed E-state index contributed by atoms with van der Waals surface area (Å²) in [5, 5.41) is 5.89. The molecule has 1 heterocycles. The van der Waals surface area contributed by atoms with Crippen LogP contribution in [0.5, 0.6) is 0 Å². The summed E-state index contributed by atoms with van der Waals surface area (Å²) in [6, 6.07) is 2.20. The minimum atomic E-state index is 0.397. The molecule has 1 saturated carbocycles. The maximum Gasteiger partial charge on any atom is 0.0701 e. The Balaban J connectivity index is 1.87. The molecule has 0 spiro atoms. The highest BCUT2D eigenvalue weighted by molar-refractivity contribution is 9.11. The molecule has 1 nitrogen and oxygen atoms in total. The first kappa shape index (κ1) is 10.7. The van der Waals surface area contributed by atoms with Gasteiger partial charge in [0.2, 0.25) is 0 Å². The molecule has 3 heteroatoms. The second kappa shape index (κ2) is 4.33. The molecular weight excluding hydrogens is 258 g/mol. The first-order valence-electron chi connectivity index (χ1n) is 5.16. The number of hydrogen-bond acceptors (Lipinski definition) is 2. The van der Waals surface area contributed by atoms with Gasteiger partial charge in [0, 0.05) is 12.1 Å². The number of hydrogen-bond donors (Lipinski definition) is 1. The van der Waals surface area contributed by atoms with Gasteiger partial charge in [-0.3, -0.25) is 0 Å². The average molecular weight is 274 g/mol. The number of nitrogens with one attached hydrogen (secondary N) is 1. The van der Waals surface area contributed by atoms with Crippen molar-refractivity contribution in [3.05, 3.63) is 20.8 Å². The smallest absolute Gasteiger partial charge is 0.0701 e. The molecule has 1 aliphatic carbocycles. The van der Waals surface area contributed by atoms with E-state index in [2.05, 4.69) is 39.6 Å². The second-order valence-electron chi connectivity index (χ2n) is 4.38. The van der Waals surface area contributed by atoms with Crippen molar-refractivity contribution in [3.8, 4) is 0 Å². The van der Waals surface area contributed by atoms with Gasteiger partial charge in [0.15, 0.2) is 0 Å². The molecule has 0 unspecified atom stereocenters. The van der Waals surface area contributed by atoms with E-state index in [0.29, 0.717) is 5.54 Å². The minimum Gasteiger partial charge on any atom is -0.307 e. The van der Waals surface area contributed by atoms with E-state index in [1.54, 1.807) is 11.3 Å². The summed E-state index contributed by atoms with van der Waals surface area (Å²) in [6.45, 7) is 3.36. The zero-order valence-corrected chi connectivity index (χ0v) is 10.9. The molecule has 1 aromatic rings. The molecule has 0 atom stereocenters. The summed E-state index contributed by atoms with van der Waals surface area (Å²) < 4.78 is 1.23. The van der Waals surface area contributed by atoms with E-state index < -0.39 is 0 Å². The molecule has 2 rings (SSSR count). The van der Waals surface area contributed by atoms with Crippen LogP contribution < -0.4 is 5.32 Å². The van der Waals surface area contributed by atoms with E-state index in [4.69, 9.17) is 0 Å². The van der Waals surface area contributed by atoms with Gasteiger partial charge in [0.25, 0.3) is 0 Å². The van der Waals surface area contributed by atoms with Gasteiger partial charge in [0.05, 0.1) is 3.79 Å². The first-order valence-corrected chi connectivity index (χ1v) is 6.83. The monoisotopic (exact) mass is 273 g/mol. The Labute approximate surface area is 98.0 Å². The molecular formula is C11H16BrNS. The second-order valence-corrected chi connectivity index (χ2v) is 6.67. The zero-order chi connectivity index (χ0) is 10.0. The van der Waals surface area contributed by atoms with Crippen LogP contribution in [-0.4, -0.2) is 5.54 Å². The van der Waals surface area contributed by atoms with Crippen LogP contribution in [0.4, 0.5) is 0 Å². The Bertz CT molecular complexity index is 302. The fourth-order valence-electron chi connectivity index (χ4n) is 2.09. The van der Waals surface area contributed by atoms with E-state index in [-0.39, 0.29) is 0 Å². The van der Waals surface area contributed by atoms with Crippen LogP contribution in [0, 0.1) is 0 Å². The van der Waals surface area contributed by atoms with Crippen LogP contribution in [0.3, 0.4) is 0 Å². The highest BCUT2D eigenvalue weighted by Crippen LogP contribution is 2.29. The highest BCUT2D eigenvalue weighted by Gasteiger charge is 2.27. The fraction of sp³-hybridized carbons (Fsp3) is 0.636. The largest absolute Gasteiger partial charge is 0.307 e. The normalized spacial score (nSPS) is 20.1. The lowest BCUT2D eigenvalue weighted by molar-refractivity contribution is 0.363. The van der Waals surface area contributed by atoms with Crippen molar-refractivity contribution in [1.29, 1.82) is 0 Å². The predicted molar refractivity (Wildman–Crippen MR) is 65.7 cm³/mol. The lowest BCUT2D eigenvalue weighted by Crippen LogP contribution is -2.38. The lowest BCUT2D eigenvalue weighted by atomic mass is 10.0. The topological polar surface area (TPSA) is 12.0 Å². The third-order valence-corrected chi connectivity index (χ3v) is 4.60. The van der Waals surface area contributed by atoms with Gasteiger partial charge in [-0.2, -0.15) is 0 Å². The van der Waals surface area contributed by atoms with Gasteiger partial charge in [-0.25, -0.2) is 0 Å². The summed E-state index contributed by atoms with van der Waals surface area (Å²) in [6.07, 6.45) is 5.43. The molecule has 14 heavy (non-hydrogen) atoms. The van der Waals surface area contributed by atoms with Crippen LogP contribution in [0.1, 0.15) is 38.2 Å². The van der Waals surface area contributed by atoms with Crippen molar-refractivity contribution in [2.75, 3.05) is 0 Å². The van der Waals surface area contributed by atoms with Gasteiger partial charge in [-0.1, -0.05) is 12.8 Å². The number of halogens is 1. The van der Waals surface area contributed by atoms with Crippen LogP contribution in [0.25, 0.3) is 0 Å². The SMILES string of the molecule is CC1(NCc2csc(Br)c2)CCCC1. The summed E-state index contributed by atoms with van der Waals surface area (Å²) >= 11 is 5.25. The van der Waals surface area contributed by atoms with Crippen LogP contribution in [0.2, 0.25) is 0 Å². The molecule has 0 aromatic carbocycles. The third-order valence-electron chi connectivity index (χ3n) is 3.05. The van der Waals surface area contributed by atoms with Crippen molar-refractivity contribution >= 4 is 27.3 Å². The van der Waals surface area contributed by atoms with Crippen molar-refractivity contribution < 1.29 is 0 Å². The molecule has 1 aliphatic rings. The van der Waals surface area contributed by atoms with Crippen molar-refractivity contribution in [2.24, 2.45) is 0 Å². The zero-order valence-electron chi connectivity index (χ0n) is 8.48. The maximum absolute atomic E-state index is 3.67. The minimum absolute atomic E-state index is 0.397. The molecule has 1 N–H and O–H groups in total. The molecule has 0 saturated heterocycles. The quantitative estimate of drug-likeness (QED) is 0.880. The fourth-order valence-corrected chi connectivity index (χ4v) is 3.30. The van der Waals surface area contributed by atoms with E-state index in [1.165, 1.54) is 35.0 Å².